The zero-order valence-corrected chi connectivity index (χ0v) is 30.4. The number of fused-ring (bicyclic) bond motifs is 2. The quantitative estimate of drug-likeness (QED) is 0.162. The maximum Gasteiger partial charge on any atom is 0.113 e. The van der Waals surface area contributed by atoms with Crippen molar-refractivity contribution >= 4 is 22.0 Å². The van der Waals surface area contributed by atoms with Gasteiger partial charge in [0.15, 0.2) is 0 Å². The van der Waals surface area contributed by atoms with Crippen LogP contribution in [0.25, 0.3) is 72.6 Å². The van der Waals surface area contributed by atoms with Crippen LogP contribution in [0, 0.1) is 31.9 Å². The molecule has 9 rings (SSSR count). The molecule has 0 aliphatic heterocycles. The van der Waals surface area contributed by atoms with Crippen molar-refractivity contribution in [3.63, 3.8) is 0 Å². The molecule has 0 N–H and O–H groups in total. The predicted molar refractivity (Wildman–Crippen MR) is 204 cm³/mol. The SMILES string of the molecule is Cc1cc(-c2ccccc2)c(-n2c(-c3[c-]oc4ccc(F)cc34)nc3ccccc32)c(-c2ccccc2)c1.[2H]C([2H])([2H])c1ccc(-c2[c-]cccc2)nc1.[Ir]. The van der Waals surface area contributed by atoms with Crippen molar-refractivity contribution in [2.24, 2.45) is 0 Å². The maximum absolute atomic E-state index is 14.4. The average Bonchev–Trinajstić information content (AvgIpc) is 3.79. The van der Waals surface area contributed by atoms with E-state index < -0.39 is 6.85 Å². The number of rotatable bonds is 5. The Kier molecular flexibility index (Phi) is 8.97. The van der Waals surface area contributed by atoms with Crippen molar-refractivity contribution in [1.82, 2.24) is 14.5 Å². The summed E-state index contributed by atoms with van der Waals surface area (Å²) in [4.78, 5) is 9.18. The standard InChI is InChI=1S/C34H22FN2O.C12H10N.Ir/c1-22-18-26(23-10-4-2-5-11-23)33(27(19-22)24-12-6-3-7-13-24)37-31-15-9-8-14-30(31)36-34(37)29-21-38-32-17-16-25(35)20-28(29)32;1-10-7-8-12(13-9-10)11-5-3-2-4-6-11;/h2-20H,1H3;2-5,7-9H,1H3;/q2*-1;/i;1D3;. The Morgan fingerprint density at radius 3 is 2.08 bits per heavy atom. The number of benzene rings is 6. The van der Waals surface area contributed by atoms with E-state index in [1.165, 1.54) is 18.3 Å². The van der Waals surface area contributed by atoms with Crippen LogP contribution in [0.15, 0.2) is 162 Å². The van der Waals surface area contributed by atoms with Crippen LogP contribution in [-0.4, -0.2) is 14.5 Å². The predicted octanol–water partition coefficient (Wildman–Crippen LogP) is 11.9. The van der Waals surface area contributed by atoms with E-state index in [9.17, 15) is 4.39 Å². The summed E-state index contributed by atoms with van der Waals surface area (Å²) in [6, 6.07) is 51.5. The molecule has 6 heteroatoms. The van der Waals surface area contributed by atoms with E-state index >= 15 is 0 Å². The fourth-order valence-corrected chi connectivity index (χ4v) is 6.33. The first-order valence-electron chi connectivity index (χ1n) is 18.0. The first-order chi connectivity index (χ1) is 26.2. The van der Waals surface area contributed by atoms with Gasteiger partial charge >= 0.3 is 0 Å². The minimum absolute atomic E-state index is 0. The molecule has 0 aliphatic carbocycles. The Balaban J connectivity index is 0.000000231. The van der Waals surface area contributed by atoms with E-state index in [1.54, 1.807) is 24.3 Å². The smallest absolute Gasteiger partial charge is 0.113 e. The minimum Gasteiger partial charge on any atom is -0.557 e. The van der Waals surface area contributed by atoms with Crippen molar-refractivity contribution in [3.8, 4) is 50.6 Å². The third-order valence-corrected chi connectivity index (χ3v) is 8.65. The Hall–Kier alpha value is -5.94. The third-order valence-electron chi connectivity index (χ3n) is 8.65. The molecule has 0 atom stereocenters. The summed E-state index contributed by atoms with van der Waals surface area (Å²) in [5.41, 5.74) is 11.3. The number of imidazole rings is 1. The largest absolute Gasteiger partial charge is 0.557 e. The number of hydrogen-bond acceptors (Lipinski definition) is 3. The molecule has 0 spiro atoms. The number of aryl methyl sites for hydroxylation is 2. The van der Waals surface area contributed by atoms with Gasteiger partial charge in [0.25, 0.3) is 0 Å². The molecule has 0 aliphatic rings. The second kappa shape index (κ2) is 15.1. The van der Waals surface area contributed by atoms with Gasteiger partial charge in [-0.25, -0.2) is 4.39 Å². The number of furan rings is 1. The molecular weight excluding hydrogens is 822 g/mol. The Morgan fingerprint density at radius 1 is 0.731 bits per heavy atom. The van der Waals surface area contributed by atoms with Crippen molar-refractivity contribution in [2.45, 2.75) is 13.8 Å². The van der Waals surface area contributed by atoms with Gasteiger partial charge in [-0.3, -0.25) is 4.98 Å². The van der Waals surface area contributed by atoms with Crippen LogP contribution < -0.4 is 0 Å². The molecule has 52 heavy (non-hydrogen) atoms. The molecule has 0 saturated carbocycles. The summed E-state index contributed by atoms with van der Waals surface area (Å²) in [7, 11) is 0. The molecule has 6 aromatic carbocycles. The molecule has 0 bridgehead atoms. The number of aromatic nitrogens is 3. The number of nitrogens with zero attached hydrogens (tertiary/aromatic N) is 3. The summed E-state index contributed by atoms with van der Waals surface area (Å²) in [6.45, 7) is 0.0294. The first-order valence-corrected chi connectivity index (χ1v) is 16.5. The average molecular weight is 857 g/mol. The van der Waals surface area contributed by atoms with Gasteiger partial charge in [0, 0.05) is 53.4 Å². The van der Waals surface area contributed by atoms with Crippen LogP contribution in [0.2, 0.25) is 0 Å². The number of pyridine rings is 1. The molecule has 0 unspecified atom stereocenters. The second-order valence-electron chi connectivity index (χ2n) is 12.1. The van der Waals surface area contributed by atoms with Crippen LogP contribution >= 0.6 is 0 Å². The van der Waals surface area contributed by atoms with Crippen LogP contribution in [0.1, 0.15) is 15.2 Å². The molecule has 255 valence electrons. The molecule has 4 nitrogen and oxygen atoms in total. The van der Waals surface area contributed by atoms with Gasteiger partial charge in [-0.15, -0.1) is 35.9 Å². The van der Waals surface area contributed by atoms with Crippen molar-refractivity contribution in [3.05, 3.63) is 187 Å². The van der Waals surface area contributed by atoms with Gasteiger partial charge in [0.05, 0.1) is 22.5 Å². The summed E-state index contributed by atoms with van der Waals surface area (Å²) < 4.78 is 44.0. The summed E-state index contributed by atoms with van der Waals surface area (Å²) >= 11 is 0. The Labute approximate surface area is 319 Å². The van der Waals surface area contributed by atoms with Crippen molar-refractivity contribution in [2.75, 3.05) is 0 Å². The third kappa shape index (κ3) is 6.87. The molecule has 3 heterocycles. The molecule has 9 aromatic rings. The zero-order chi connectivity index (χ0) is 37.2. The fraction of sp³-hybridized carbons (Fsp3) is 0.0435. The van der Waals surface area contributed by atoms with Gasteiger partial charge in [-0.2, -0.15) is 0 Å². The fourth-order valence-electron chi connectivity index (χ4n) is 6.33. The zero-order valence-electron chi connectivity index (χ0n) is 31.0. The van der Waals surface area contributed by atoms with E-state index in [4.69, 9.17) is 13.5 Å². The van der Waals surface area contributed by atoms with Crippen LogP contribution in [0.5, 0.6) is 0 Å². The molecule has 0 saturated heterocycles. The normalized spacial score (nSPS) is 11.9. The van der Waals surface area contributed by atoms with E-state index in [1.807, 2.05) is 48.5 Å². The molecular formula is C46H32FIrN3O-2. The topological polar surface area (TPSA) is 43.9 Å². The van der Waals surface area contributed by atoms with Gasteiger partial charge in [-0.05, 0) is 72.1 Å². The molecule has 1 radical (unpaired) electrons. The van der Waals surface area contributed by atoms with Gasteiger partial charge < -0.3 is 14.0 Å². The summed E-state index contributed by atoms with van der Waals surface area (Å²) in [5, 5.41) is 0.635. The van der Waals surface area contributed by atoms with E-state index in [0.717, 1.165) is 55.8 Å². The van der Waals surface area contributed by atoms with Crippen molar-refractivity contribution in [1.29, 1.82) is 0 Å². The second-order valence-corrected chi connectivity index (χ2v) is 12.1. The summed E-state index contributed by atoms with van der Waals surface area (Å²) in [5.74, 6) is 0.315. The van der Waals surface area contributed by atoms with E-state index in [-0.39, 0.29) is 31.5 Å². The van der Waals surface area contributed by atoms with Crippen molar-refractivity contribution < 1.29 is 33.0 Å². The summed E-state index contributed by atoms with van der Waals surface area (Å²) in [6.07, 6.45) is 4.43. The molecule has 3 aromatic heterocycles. The van der Waals surface area contributed by atoms with Gasteiger partial charge in [0.1, 0.15) is 5.82 Å². The first kappa shape index (κ1) is 30.8. The minimum atomic E-state index is -2.09. The number of hydrogen-bond donors (Lipinski definition) is 0. The van der Waals surface area contributed by atoms with Crippen LogP contribution in [0.4, 0.5) is 4.39 Å². The molecule has 0 amide bonds. The van der Waals surface area contributed by atoms with E-state index in [2.05, 4.69) is 95.5 Å². The Morgan fingerprint density at radius 2 is 1.42 bits per heavy atom. The van der Waals surface area contributed by atoms with Gasteiger partial charge in [0.2, 0.25) is 0 Å². The number of halogens is 1. The van der Waals surface area contributed by atoms with Crippen LogP contribution in [0.3, 0.4) is 0 Å². The molecule has 0 fully saturated rings. The van der Waals surface area contributed by atoms with E-state index in [0.29, 0.717) is 22.4 Å². The number of para-hydroxylation sites is 2. The monoisotopic (exact) mass is 857 g/mol. The van der Waals surface area contributed by atoms with Gasteiger partial charge in [-0.1, -0.05) is 108 Å². The van der Waals surface area contributed by atoms with Crippen LogP contribution in [-0.2, 0) is 20.1 Å². The Bertz CT molecular complexity index is 2650. The maximum atomic E-state index is 14.4.